The van der Waals surface area contributed by atoms with Crippen LogP contribution >= 0.6 is 12.2 Å². The van der Waals surface area contributed by atoms with Crippen molar-refractivity contribution in [3.8, 4) is 0 Å². The molecule has 0 bridgehead atoms. The standard InChI is InChI=1S/C17H17F2N3S/c18-13-4-3-5-14(12-13)20-17(23)22-10-8-21(9-11-22)16-7-2-1-6-15(16)19/h1-7,12H,8-11H2,(H,20,23). The van der Waals surface area contributed by atoms with E-state index in [1.807, 2.05) is 15.9 Å². The van der Waals surface area contributed by atoms with Gasteiger partial charge in [0.05, 0.1) is 5.69 Å². The van der Waals surface area contributed by atoms with Crippen molar-refractivity contribution >= 4 is 28.7 Å². The molecule has 2 aromatic rings. The zero-order chi connectivity index (χ0) is 16.2. The highest BCUT2D eigenvalue weighted by atomic mass is 32.1. The zero-order valence-corrected chi connectivity index (χ0v) is 13.3. The summed E-state index contributed by atoms with van der Waals surface area (Å²) < 4.78 is 27.0. The summed E-state index contributed by atoms with van der Waals surface area (Å²) in [5, 5.41) is 3.60. The highest BCUT2D eigenvalue weighted by Gasteiger charge is 2.20. The Hall–Kier alpha value is -2.21. The van der Waals surface area contributed by atoms with E-state index < -0.39 is 0 Å². The van der Waals surface area contributed by atoms with Gasteiger partial charge >= 0.3 is 0 Å². The molecule has 0 spiro atoms. The lowest BCUT2D eigenvalue weighted by Gasteiger charge is -2.37. The fraction of sp³-hybridized carbons (Fsp3) is 0.235. The van der Waals surface area contributed by atoms with E-state index in [1.54, 1.807) is 24.3 Å². The van der Waals surface area contributed by atoms with Crippen LogP contribution in [0.3, 0.4) is 0 Å². The number of rotatable bonds is 2. The van der Waals surface area contributed by atoms with Gasteiger partial charge < -0.3 is 15.1 Å². The van der Waals surface area contributed by atoms with E-state index in [-0.39, 0.29) is 11.6 Å². The SMILES string of the molecule is Fc1cccc(NC(=S)N2CCN(c3ccccc3F)CC2)c1. The molecule has 3 nitrogen and oxygen atoms in total. The largest absolute Gasteiger partial charge is 0.366 e. The van der Waals surface area contributed by atoms with E-state index in [9.17, 15) is 8.78 Å². The van der Waals surface area contributed by atoms with Crippen LogP contribution in [-0.2, 0) is 0 Å². The molecular formula is C17H17F2N3S. The topological polar surface area (TPSA) is 18.5 Å². The second-order valence-electron chi connectivity index (χ2n) is 5.37. The number of benzene rings is 2. The maximum Gasteiger partial charge on any atom is 0.173 e. The van der Waals surface area contributed by atoms with Crippen molar-refractivity contribution in [1.29, 1.82) is 0 Å². The number of thiocarbonyl (C=S) groups is 1. The Morgan fingerprint density at radius 2 is 1.70 bits per heavy atom. The Morgan fingerprint density at radius 1 is 0.957 bits per heavy atom. The number of halogens is 2. The first-order valence-electron chi connectivity index (χ1n) is 7.44. The summed E-state index contributed by atoms with van der Waals surface area (Å²) in [6, 6.07) is 13.0. The lowest BCUT2D eigenvalue weighted by Crippen LogP contribution is -2.50. The highest BCUT2D eigenvalue weighted by Crippen LogP contribution is 2.20. The molecule has 1 fully saturated rings. The van der Waals surface area contributed by atoms with Gasteiger partial charge in [-0.2, -0.15) is 0 Å². The first-order valence-corrected chi connectivity index (χ1v) is 7.85. The molecule has 1 N–H and O–H groups in total. The van der Waals surface area contributed by atoms with Gasteiger partial charge in [0.1, 0.15) is 11.6 Å². The van der Waals surface area contributed by atoms with Crippen LogP contribution in [0.5, 0.6) is 0 Å². The van der Waals surface area contributed by atoms with Gasteiger partial charge in [-0.15, -0.1) is 0 Å². The van der Waals surface area contributed by atoms with Crippen LogP contribution in [0.4, 0.5) is 20.2 Å². The second kappa shape index (κ2) is 6.91. The van der Waals surface area contributed by atoms with Gasteiger partial charge in [-0.05, 0) is 42.5 Å². The van der Waals surface area contributed by atoms with Gasteiger partial charge in [0.2, 0.25) is 0 Å². The van der Waals surface area contributed by atoms with Crippen molar-refractivity contribution in [2.24, 2.45) is 0 Å². The predicted molar refractivity (Wildman–Crippen MR) is 92.8 cm³/mol. The molecule has 2 aromatic carbocycles. The fourth-order valence-electron chi connectivity index (χ4n) is 2.63. The molecule has 0 aromatic heterocycles. The average molecular weight is 333 g/mol. The average Bonchev–Trinajstić information content (AvgIpc) is 2.55. The number of hydrogen-bond donors (Lipinski definition) is 1. The number of para-hydroxylation sites is 1. The first kappa shape index (κ1) is 15.7. The van der Waals surface area contributed by atoms with Crippen LogP contribution in [0, 0.1) is 11.6 Å². The van der Waals surface area contributed by atoms with Crippen molar-refractivity contribution in [1.82, 2.24) is 4.90 Å². The Kier molecular flexibility index (Phi) is 4.71. The number of nitrogens with zero attached hydrogens (tertiary/aromatic N) is 2. The smallest absolute Gasteiger partial charge is 0.173 e. The molecular weight excluding hydrogens is 316 g/mol. The number of hydrogen-bond acceptors (Lipinski definition) is 2. The molecule has 0 atom stereocenters. The molecule has 3 rings (SSSR count). The van der Waals surface area contributed by atoms with Crippen molar-refractivity contribution in [2.75, 3.05) is 36.4 Å². The lowest BCUT2D eigenvalue weighted by molar-refractivity contribution is 0.388. The van der Waals surface area contributed by atoms with Gasteiger partial charge in [0.15, 0.2) is 5.11 Å². The van der Waals surface area contributed by atoms with Crippen molar-refractivity contribution in [3.05, 3.63) is 60.2 Å². The van der Waals surface area contributed by atoms with Crippen molar-refractivity contribution in [3.63, 3.8) is 0 Å². The van der Waals surface area contributed by atoms with Crippen molar-refractivity contribution < 1.29 is 8.78 Å². The lowest BCUT2D eigenvalue weighted by atomic mass is 10.2. The molecule has 6 heteroatoms. The summed E-state index contributed by atoms with van der Waals surface area (Å²) in [6.45, 7) is 2.75. The number of anilines is 2. The summed E-state index contributed by atoms with van der Waals surface area (Å²) in [4.78, 5) is 4.02. The normalized spacial score (nSPS) is 14.7. The van der Waals surface area contributed by atoms with Gasteiger partial charge in [0, 0.05) is 31.9 Å². The van der Waals surface area contributed by atoms with E-state index in [2.05, 4.69) is 5.32 Å². The minimum Gasteiger partial charge on any atom is -0.366 e. The number of piperazine rings is 1. The Labute approximate surface area is 139 Å². The summed E-state index contributed by atoms with van der Waals surface area (Å²) in [6.07, 6.45) is 0. The maximum atomic E-state index is 13.8. The third-order valence-corrected chi connectivity index (χ3v) is 4.20. The summed E-state index contributed by atoms with van der Waals surface area (Å²) in [5.41, 5.74) is 1.25. The molecule has 0 radical (unpaired) electrons. The summed E-state index contributed by atoms with van der Waals surface area (Å²) >= 11 is 5.38. The molecule has 1 aliphatic heterocycles. The summed E-state index contributed by atoms with van der Waals surface area (Å²) in [5.74, 6) is -0.511. The Balaban J connectivity index is 1.58. The second-order valence-corrected chi connectivity index (χ2v) is 5.75. The van der Waals surface area contributed by atoms with Crippen LogP contribution in [0.25, 0.3) is 0 Å². The Bertz CT molecular complexity index is 700. The predicted octanol–water partition coefficient (Wildman–Crippen LogP) is 3.48. The molecule has 1 aliphatic rings. The molecule has 0 saturated carbocycles. The van der Waals surface area contributed by atoms with E-state index in [0.29, 0.717) is 42.7 Å². The van der Waals surface area contributed by atoms with Gasteiger partial charge in [-0.3, -0.25) is 0 Å². The third-order valence-electron chi connectivity index (χ3n) is 3.84. The van der Waals surface area contributed by atoms with E-state index in [0.717, 1.165) is 0 Å². The van der Waals surface area contributed by atoms with Crippen LogP contribution < -0.4 is 10.2 Å². The van der Waals surface area contributed by atoms with Crippen LogP contribution in [0.15, 0.2) is 48.5 Å². The van der Waals surface area contributed by atoms with Gasteiger partial charge in [-0.1, -0.05) is 18.2 Å². The number of nitrogens with one attached hydrogen (secondary N) is 1. The quantitative estimate of drug-likeness (QED) is 0.848. The molecule has 0 aliphatic carbocycles. The molecule has 23 heavy (non-hydrogen) atoms. The van der Waals surface area contributed by atoms with E-state index in [1.165, 1.54) is 18.2 Å². The zero-order valence-electron chi connectivity index (χ0n) is 12.5. The maximum absolute atomic E-state index is 13.8. The minimum absolute atomic E-state index is 0.207. The van der Waals surface area contributed by atoms with E-state index in [4.69, 9.17) is 12.2 Å². The summed E-state index contributed by atoms with van der Waals surface area (Å²) in [7, 11) is 0. The molecule has 120 valence electrons. The van der Waals surface area contributed by atoms with Crippen molar-refractivity contribution in [2.45, 2.75) is 0 Å². The Morgan fingerprint density at radius 3 is 2.39 bits per heavy atom. The van der Waals surface area contributed by atoms with Crippen LogP contribution in [0.1, 0.15) is 0 Å². The van der Waals surface area contributed by atoms with Crippen LogP contribution in [-0.4, -0.2) is 36.2 Å². The monoisotopic (exact) mass is 333 g/mol. The third kappa shape index (κ3) is 3.76. The molecule has 0 unspecified atom stereocenters. The minimum atomic E-state index is -0.304. The van der Waals surface area contributed by atoms with Gasteiger partial charge in [0.25, 0.3) is 0 Å². The fourth-order valence-corrected chi connectivity index (χ4v) is 2.93. The van der Waals surface area contributed by atoms with E-state index >= 15 is 0 Å². The van der Waals surface area contributed by atoms with Crippen LogP contribution in [0.2, 0.25) is 0 Å². The van der Waals surface area contributed by atoms with Gasteiger partial charge in [-0.25, -0.2) is 8.78 Å². The molecule has 1 heterocycles. The molecule has 0 amide bonds. The molecule has 1 saturated heterocycles. The highest BCUT2D eigenvalue weighted by molar-refractivity contribution is 7.80. The first-order chi connectivity index (χ1) is 11.1.